The van der Waals surface area contributed by atoms with Crippen molar-refractivity contribution < 1.29 is 27.5 Å². The molecule has 8 heteroatoms. The number of sulfonamides is 1. The highest BCUT2D eigenvalue weighted by atomic mass is 32.2. The Kier molecular flexibility index (Phi) is 7.51. The minimum absolute atomic E-state index is 0.115. The molecule has 7 nitrogen and oxygen atoms in total. The van der Waals surface area contributed by atoms with E-state index in [-0.39, 0.29) is 23.6 Å². The number of nitrogens with one attached hydrogen (secondary N) is 1. The van der Waals surface area contributed by atoms with E-state index >= 15 is 0 Å². The first kappa shape index (κ1) is 20.6. The SMILES string of the molecule is CCOc1ccc(C(=O)COC(=O)CCNS(=O)(=O)c2ccccc2)cc1. The Morgan fingerprint density at radius 1 is 1.00 bits per heavy atom. The normalized spacial score (nSPS) is 11.0. The van der Waals surface area contributed by atoms with Crippen LogP contribution in [0.25, 0.3) is 0 Å². The van der Waals surface area contributed by atoms with Crippen molar-refractivity contribution in [2.24, 2.45) is 0 Å². The molecule has 0 aliphatic heterocycles. The fourth-order valence-corrected chi connectivity index (χ4v) is 3.23. The lowest BCUT2D eigenvalue weighted by Gasteiger charge is -2.07. The van der Waals surface area contributed by atoms with Crippen molar-refractivity contribution in [1.82, 2.24) is 4.72 Å². The van der Waals surface area contributed by atoms with Gasteiger partial charge in [0.25, 0.3) is 0 Å². The van der Waals surface area contributed by atoms with Gasteiger partial charge in [0.15, 0.2) is 12.4 Å². The highest BCUT2D eigenvalue weighted by Gasteiger charge is 2.15. The van der Waals surface area contributed by atoms with Crippen molar-refractivity contribution in [3.63, 3.8) is 0 Å². The summed E-state index contributed by atoms with van der Waals surface area (Å²) in [5.74, 6) is -0.363. The number of hydrogen-bond acceptors (Lipinski definition) is 6. The van der Waals surface area contributed by atoms with E-state index in [1.54, 1.807) is 42.5 Å². The predicted octanol–water partition coefficient (Wildman–Crippen LogP) is 2.18. The predicted molar refractivity (Wildman–Crippen MR) is 99.1 cm³/mol. The summed E-state index contributed by atoms with van der Waals surface area (Å²) in [7, 11) is -3.68. The molecular formula is C19H21NO6S. The van der Waals surface area contributed by atoms with Gasteiger partial charge in [-0.2, -0.15) is 0 Å². The summed E-state index contributed by atoms with van der Waals surface area (Å²) in [5.41, 5.74) is 0.399. The number of carbonyl (C=O) groups excluding carboxylic acids is 2. The van der Waals surface area contributed by atoms with Gasteiger partial charge in [-0.1, -0.05) is 18.2 Å². The molecule has 0 radical (unpaired) electrons. The van der Waals surface area contributed by atoms with Crippen LogP contribution in [-0.2, 0) is 19.6 Å². The molecule has 0 unspecified atom stereocenters. The molecule has 0 aromatic heterocycles. The lowest BCUT2D eigenvalue weighted by atomic mass is 10.1. The van der Waals surface area contributed by atoms with Gasteiger partial charge in [-0.15, -0.1) is 0 Å². The molecule has 27 heavy (non-hydrogen) atoms. The molecule has 0 saturated carbocycles. The minimum atomic E-state index is -3.68. The van der Waals surface area contributed by atoms with E-state index in [2.05, 4.69) is 4.72 Å². The zero-order chi connectivity index (χ0) is 19.7. The van der Waals surface area contributed by atoms with Gasteiger partial charge in [0.05, 0.1) is 17.9 Å². The van der Waals surface area contributed by atoms with E-state index in [9.17, 15) is 18.0 Å². The first-order valence-corrected chi connectivity index (χ1v) is 9.87. The van der Waals surface area contributed by atoms with E-state index in [4.69, 9.17) is 9.47 Å². The summed E-state index contributed by atoms with van der Waals surface area (Å²) in [6.07, 6.45) is -0.178. The van der Waals surface area contributed by atoms with E-state index in [1.807, 2.05) is 6.92 Å². The van der Waals surface area contributed by atoms with Crippen LogP contribution in [0.5, 0.6) is 5.75 Å². The van der Waals surface area contributed by atoms with Crippen LogP contribution in [0.15, 0.2) is 59.5 Å². The third-order valence-electron chi connectivity index (χ3n) is 3.53. The van der Waals surface area contributed by atoms with Gasteiger partial charge >= 0.3 is 5.97 Å². The maximum Gasteiger partial charge on any atom is 0.307 e. The van der Waals surface area contributed by atoms with Gasteiger partial charge in [-0.3, -0.25) is 9.59 Å². The molecule has 0 aliphatic carbocycles. The van der Waals surface area contributed by atoms with Gasteiger partial charge in [0.1, 0.15) is 5.75 Å². The van der Waals surface area contributed by atoms with Gasteiger partial charge in [0.2, 0.25) is 10.0 Å². The van der Waals surface area contributed by atoms with Crippen LogP contribution < -0.4 is 9.46 Å². The van der Waals surface area contributed by atoms with Crippen LogP contribution >= 0.6 is 0 Å². The summed E-state index contributed by atoms with van der Waals surface area (Å²) in [5, 5.41) is 0. The van der Waals surface area contributed by atoms with Crippen molar-refractivity contribution in [2.45, 2.75) is 18.2 Å². The van der Waals surface area contributed by atoms with Crippen molar-refractivity contribution in [2.75, 3.05) is 19.8 Å². The van der Waals surface area contributed by atoms with Crippen LogP contribution in [0.3, 0.4) is 0 Å². The molecule has 2 rings (SSSR count). The summed E-state index contributed by atoms with van der Waals surface area (Å²) in [6, 6.07) is 14.3. The van der Waals surface area contributed by atoms with Crippen molar-refractivity contribution in [3.05, 3.63) is 60.2 Å². The quantitative estimate of drug-likeness (QED) is 0.492. The number of Topliss-reactive ketones (excluding diaryl/α,β-unsaturated/α-hetero) is 1. The summed E-state index contributed by atoms with van der Waals surface area (Å²) in [4.78, 5) is 23.8. The Balaban J connectivity index is 1.75. The van der Waals surface area contributed by atoms with E-state index in [0.29, 0.717) is 17.9 Å². The molecule has 0 amide bonds. The zero-order valence-electron chi connectivity index (χ0n) is 14.9. The van der Waals surface area contributed by atoms with Crippen LogP contribution in [0.4, 0.5) is 0 Å². The third-order valence-corrected chi connectivity index (χ3v) is 5.00. The average Bonchev–Trinajstić information content (AvgIpc) is 2.67. The second-order valence-corrected chi connectivity index (χ2v) is 7.27. The molecule has 1 N–H and O–H groups in total. The molecule has 2 aromatic carbocycles. The summed E-state index contributed by atoms with van der Waals surface area (Å²) >= 11 is 0. The summed E-state index contributed by atoms with van der Waals surface area (Å²) < 4.78 is 36.5. The highest BCUT2D eigenvalue weighted by Crippen LogP contribution is 2.12. The monoisotopic (exact) mass is 391 g/mol. The lowest BCUT2D eigenvalue weighted by Crippen LogP contribution is -2.27. The first-order chi connectivity index (χ1) is 12.9. The molecule has 2 aromatic rings. The van der Waals surface area contributed by atoms with Gasteiger partial charge in [0, 0.05) is 12.1 Å². The van der Waals surface area contributed by atoms with Crippen LogP contribution in [0.1, 0.15) is 23.7 Å². The maximum atomic E-state index is 12.0. The number of hydrogen-bond donors (Lipinski definition) is 1. The molecule has 0 saturated heterocycles. The van der Waals surface area contributed by atoms with Crippen LogP contribution in [0.2, 0.25) is 0 Å². The topological polar surface area (TPSA) is 98.8 Å². The number of ketones is 1. The lowest BCUT2D eigenvalue weighted by molar-refractivity contribution is -0.142. The minimum Gasteiger partial charge on any atom is -0.494 e. The molecule has 0 spiro atoms. The maximum absolute atomic E-state index is 12.0. The molecular weight excluding hydrogens is 370 g/mol. The number of ether oxygens (including phenoxy) is 2. The fraction of sp³-hybridized carbons (Fsp3) is 0.263. The van der Waals surface area contributed by atoms with E-state index in [1.165, 1.54) is 12.1 Å². The molecule has 144 valence electrons. The smallest absolute Gasteiger partial charge is 0.307 e. The Hall–Kier alpha value is -2.71. The second-order valence-electron chi connectivity index (χ2n) is 5.50. The average molecular weight is 391 g/mol. The van der Waals surface area contributed by atoms with Crippen LogP contribution in [0, 0.1) is 0 Å². The van der Waals surface area contributed by atoms with E-state index < -0.39 is 22.6 Å². The largest absolute Gasteiger partial charge is 0.494 e. The molecule has 0 aliphatic rings. The Morgan fingerprint density at radius 3 is 2.30 bits per heavy atom. The molecule has 0 atom stereocenters. The Labute approximate surface area is 158 Å². The van der Waals surface area contributed by atoms with Crippen LogP contribution in [-0.4, -0.2) is 39.9 Å². The Morgan fingerprint density at radius 2 is 1.67 bits per heavy atom. The van der Waals surface area contributed by atoms with Gasteiger partial charge in [-0.25, -0.2) is 13.1 Å². The third kappa shape index (κ3) is 6.50. The van der Waals surface area contributed by atoms with Gasteiger partial charge in [-0.05, 0) is 43.3 Å². The number of benzene rings is 2. The van der Waals surface area contributed by atoms with Crippen molar-refractivity contribution in [1.29, 1.82) is 0 Å². The first-order valence-electron chi connectivity index (χ1n) is 8.39. The molecule has 0 bridgehead atoms. The van der Waals surface area contributed by atoms with Crippen molar-refractivity contribution >= 4 is 21.8 Å². The zero-order valence-corrected chi connectivity index (χ0v) is 15.7. The van der Waals surface area contributed by atoms with E-state index in [0.717, 1.165) is 0 Å². The number of rotatable bonds is 10. The van der Waals surface area contributed by atoms with Gasteiger partial charge < -0.3 is 9.47 Å². The number of esters is 1. The number of carbonyl (C=O) groups is 2. The summed E-state index contributed by atoms with van der Waals surface area (Å²) in [6.45, 7) is 1.86. The molecule has 0 fully saturated rings. The Bertz CT molecular complexity index is 863. The fourth-order valence-electron chi connectivity index (χ4n) is 2.18. The standard InChI is InChI=1S/C19H21NO6S/c1-2-25-16-10-8-15(9-11-16)18(21)14-26-19(22)12-13-20-27(23,24)17-6-4-3-5-7-17/h3-11,20H,2,12-14H2,1H3. The second kappa shape index (κ2) is 9.84. The molecule has 0 heterocycles. The highest BCUT2D eigenvalue weighted by molar-refractivity contribution is 7.89. The van der Waals surface area contributed by atoms with Crippen molar-refractivity contribution in [3.8, 4) is 5.75 Å².